The van der Waals surface area contributed by atoms with Gasteiger partial charge in [-0.3, -0.25) is 14.6 Å². The lowest BCUT2D eigenvalue weighted by atomic mass is 9.84. The molecular weight excluding hydrogens is 362 g/mol. The van der Waals surface area contributed by atoms with Crippen molar-refractivity contribution in [2.75, 3.05) is 26.2 Å². The van der Waals surface area contributed by atoms with Gasteiger partial charge in [0.15, 0.2) is 0 Å². The minimum absolute atomic E-state index is 0.0875. The average Bonchev–Trinajstić information content (AvgIpc) is 2.77. The van der Waals surface area contributed by atoms with Gasteiger partial charge in [0.2, 0.25) is 5.78 Å². The van der Waals surface area contributed by atoms with Crippen LogP contribution in [0.1, 0.15) is 46.7 Å². The fraction of sp³-hybridized carbons (Fsp3) is 0.292. The Morgan fingerprint density at radius 1 is 1.00 bits per heavy atom. The summed E-state index contributed by atoms with van der Waals surface area (Å²) in [6, 6.07) is 13.4. The number of nitrogens with zero attached hydrogens (tertiary/aromatic N) is 2. The first-order chi connectivity index (χ1) is 14.2. The van der Waals surface area contributed by atoms with Crippen LogP contribution in [0.2, 0.25) is 0 Å². The van der Waals surface area contributed by atoms with Gasteiger partial charge in [0.1, 0.15) is 5.69 Å². The molecule has 1 aliphatic carbocycles. The minimum atomic E-state index is -0.146. The molecule has 29 heavy (non-hydrogen) atoms. The molecule has 0 saturated carbocycles. The van der Waals surface area contributed by atoms with Crippen LogP contribution in [0.3, 0.4) is 0 Å². The van der Waals surface area contributed by atoms with E-state index in [9.17, 15) is 9.59 Å². The van der Waals surface area contributed by atoms with E-state index in [2.05, 4.69) is 29.0 Å². The van der Waals surface area contributed by atoms with Crippen molar-refractivity contribution in [3.05, 3.63) is 65.5 Å². The van der Waals surface area contributed by atoms with Crippen molar-refractivity contribution in [3.8, 4) is 11.1 Å². The van der Waals surface area contributed by atoms with Crippen LogP contribution in [0, 0.1) is 0 Å². The molecule has 2 aromatic carbocycles. The Balaban J connectivity index is 1.64. The molecule has 0 bridgehead atoms. The minimum Gasteiger partial charge on any atom is -0.352 e. The predicted molar refractivity (Wildman–Crippen MR) is 115 cm³/mol. The molecule has 5 heteroatoms. The number of carbonyl (C=O) groups is 2. The standard InChI is InChI=1S/C24H25N3O2/c1-3-27(4-2)14-8-13-25-24(29)20-15-26-22-21-17(11-7-12-18(20)21)16-9-5-6-10-19(16)23(22)28/h5-7,9-12,15H,3-4,8,13-14H2,1-2H3,(H,25,29). The van der Waals surface area contributed by atoms with Gasteiger partial charge in [0, 0.05) is 23.7 Å². The largest absolute Gasteiger partial charge is 0.352 e. The molecule has 0 fully saturated rings. The maximum atomic E-state index is 12.9. The Morgan fingerprint density at radius 2 is 1.72 bits per heavy atom. The van der Waals surface area contributed by atoms with E-state index in [1.54, 1.807) is 0 Å². The normalized spacial score (nSPS) is 12.3. The van der Waals surface area contributed by atoms with Crippen molar-refractivity contribution in [2.24, 2.45) is 0 Å². The summed E-state index contributed by atoms with van der Waals surface area (Å²) in [5.41, 5.74) is 3.45. The molecule has 1 heterocycles. The van der Waals surface area contributed by atoms with Gasteiger partial charge in [0.05, 0.1) is 5.56 Å². The summed E-state index contributed by atoms with van der Waals surface area (Å²) >= 11 is 0. The van der Waals surface area contributed by atoms with Crippen LogP contribution in [-0.2, 0) is 0 Å². The molecule has 3 aromatic rings. The number of hydrogen-bond donors (Lipinski definition) is 1. The van der Waals surface area contributed by atoms with Crippen molar-refractivity contribution < 1.29 is 9.59 Å². The number of amides is 1. The first-order valence-corrected chi connectivity index (χ1v) is 10.2. The van der Waals surface area contributed by atoms with Crippen LogP contribution in [0.25, 0.3) is 21.9 Å². The molecular formula is C24H25N3O2. The lowest BCUT2D eigenvalue weighted by Crippen LogP contribution is -2.30. The zero-order valence-corrected chi connectivity index (χ0v) is 16.9. The summed E-state index contributed by atoms with van der Waals surface area (Å²) in [7, 11) is 0. The number of nitrogens with one attached hydrogen (secondary N) is 1. The molecule has 0 unspecified atom stereocenters. The van der Waals surface area contributed by atoms with Crippen molar-refractivity contribution in [2.45, 2.75) is 20.3 Å². The monoisotopic (exact) mass is 387 g/mol. The third-order valence-corrected chi connectivity index (χ3v) is 5.67. The van der Waals surface area contributed by atoms with E-state index < -0.39 is 0 Å². The number of carbonyl (C=O) groups excluding carboxylic acids is 2. The number of ketones is 1. The fourth-order valence-electron chi connectivity index (χ4n) is 4.06. The van der Waals surface area contributed by atoms with Gasteiger partial charge in [0.25, 0.3) is 5.91 Å². The second-order valence-electron chi connectivity index (χ2n) is 7.26. The fourth-order valence-corrected chi connectivity index (χ4v) is 4.06. The van der Waals surface area contributed by atoms with Gasteiger partial charge in [-0.05, 0) is 42.6 Å². The van der Waals surface area contributed by atoms with Gasteiger partial charge in [-0.2, -0.15) is 0 Å². The highest BCUT2D eigenvalue weighted by molar-refractivity contribution is 6.26. The van der Waals surface area contributed by atoms with Crippen molar-refractivity contribution in [1.29, 1.82) is 0 Å². The maximum Gasteiger partial charge on any atom is 0.253 e. The maximum absolute atomic E-state index is 12.9. The molecule has 0 saturated heterocycles. The lowest BCUT2D eigenvalue weighted by molar-refractivity contribution is 0.0951. The Bertz CT molecular complexity index is 1090. The van der Waals surface area contributed by atoms with Gasteiger partial charge < -0.3 is 10.2 Å². The summed E-state index contributed by atoms with van der Waals surface area (Å²) in [6.45, 7) is 7.88. The van der Waals surface area contributed by atoms with E-state index in [1.165, 1.54) is 6.20 Å². The van der Waals surface area contributed by atoms with E-state index in [0.29, 0.717) is 23.4 Å². The summed E-state index contributed by atoms with van der Waals surface area (Å²) in [5.74, 6) is -0.234. The van der Waals surface area contributed by atoms with E-state index in [0.717, 1.165) is 48.0 Å². The van der Waals surface area contributed by atoms with Crippen LogP contribution in [0.15, 0.2) is 48.7 Å². The quantitative estimate of drug-likeness (QED) is 0.489. The summed E-state index contributed by atoms with van der Waals surface area (Å²) < 4.78 is 0. The second kappa shape index (κ2) is 8.13. The van der Waals surface area contributed by atoms with E-state index in [1.807, 2.05) is 42.5 Å². The summed E-state index contributed by atoms with van der Waals surface area (Å²) in [5, 5.41) is 4.55. The van der Waals surface area contributed by atoms with Gasteiger partial charge in [-0.1, -0.05) is 56.3 Å². The number of rotatable bonds is 7. The van der Waals surface area contributed by atoms with Crippen molar-refractivity contribution in [3.63, 3.8) is 0 Å². The molecule has 1 aliphatic rings. The summed E-state index contributed by atoms with van der Waals surface area (Å²) in [4.78, 5) is 32.5. The van der Waals surface area contributed by atoms with E-state index in [4.69, 9.17) is 0 Å². The van der Waals surface area contributed by atoms with Crippen LogP contribution in [-0.4, -0.2) is 47.8 Å². The highest BCUT2D eigenvalue weighted by Gasteiger charge is 2.27. The van der Waals surface area contributed by atoms with E-state index >= 15 is 0 Å². The average molecular weight is 387 g/mol. The van der Waals surface area contributed by atoms with E-state index in [-0.39, 0.29) is 11.7 Å². The molecule has 148 valence electrons. The van der Waals surface area contributed by atoms with Crippen LogP contribution in [0.5, 0.6) is 0 Å². The van der Waals surface area contributed by atoms with Crippen molar-refractivity contribution in [1.82, 2.24) is 15.2 Å². The van der Waals surface area contributed by atoms with Gasteiger partial charge in [-0.25, -0.2) is 0 Å². The Morgan fingerprint density at radius 3 is 2.48 bits per heavy atom. The predicted octanol–water partition coefficient (Wildman–Crippen LogP) is 3.91. The highest BCUT2D eigenvalue weighted by Crippen LogP contribution is 2.39. The molecule has 1 amide bonds. The topological polar surface area (TPSA) is 62.3 Å². The van der Waals surface area contributed by atoms with Gasteiger partial charge >= 0.3 is 0 Å². The third-order valence-electron chi connectivity index (χ3n) is 5.67. The first-order valence-electron chi connectivity index (χ1n) is 10.2. The third kappa shape index (κ3) is 3.42. The molecule has 5 nitrogen and oxygen atoms in total. The van der Waals surface area contributed by atoms with Crippen LogP contribution < -0.4 is 5.32 Å². The Hall–Kier alpha value is -3.05. The Kier molecular flexibility index (Phi) is 5.41. The molecule has 0 aliphatic heterocycles. The number of fused-ring (bicyclic) bond motifs is 2. The number of aromatic nitrogens is 1. The SMILES string of the molecule is CCN(CC)CCCNC(=O)c1cnc2c3c(cccc13)-c1ccccc1C2=O. The zero-order valence-electron chi connectivity index (χ0n) is 16.9. The van der Waals surface area contributed by atoms with Crippen molar-refractivity contribution >= 4 is 22.5 Å². The van der Waals surface area contributed by atoms with Crippen LogP contribution >= 0.6 is 0 Å². The van der Waals surface area contributed by atoms with Gasteiger partial charge in [-0.15, -0.1) is 0 Å². The molecule has 1 N–H and O–H groups in total. The Labute approximate surface area is 170 Å². The zero-order chi connectivity index (χ0) is 20.4. The number of pyridine rings is 1. The molecule has 1 aromatic heterocycles. The number of benzene rings is 2. The molecule has 0 radical (unpaired) electrons. The smallest absolute Gasteiger partial charge is 0.253 e. The lowest BCUT2D eigenvalue weighted by Gasteiger charge is -2.20. The molecule has 4 rings (SSSR count). The number of hydrogen-bond acceptors (Lipinski definition) is 4. The second-order valence-corrected chi connectivity index (χ2v) is 7.26. The molecule has 0 spiro atoms. The summed E-state index contributed by atoms with van der Waals surface area (Å²) in [6.07, 6.45) is 2.43. The van der Waals surface area contributed by atoms with Crippen LogP contribution in [0.4, 0.5) is 0 Å². The highest BCUT2D eigenvalue weighted by atomic mass is 16.1. The first kappa shape index (κ1) is 19.3. The molecule has 0 atom stereocenters.